The van der Waals surface area contributed by atoms with E-state index in [2.05, 4.69) is 35.5 Å². The lowest BCUT2D eigenvalue weighted by Gasteiger charge is -2.21. The van der Waals surface area contributed by atoms with Crippen LogP contribution < -0.4 is 10.6 Å². The second-order valence-electron chi connectivity index (χ2n) is 5.88. The van der Waals surface area contributed by atoms with E-state index in [0.717, 1.165) is 26.2 Å². The van der Waals surface area contributed by atoms with Gasteiger partial charge in [-0.05, 0) is 40.3 Å². The van der Waals surface area contributed by atoms with Gasteiger partial charge in [0, 0.05) is 19.6 Å². The standard InChI is InChI=1S/C15H30N4O2/c1-6-19(7-2)11-10-17-13(12-16)8-9-18-14(20)21-15(3,4)5/h13,17H,6-11H2,1-5H3,(H,18,20). The number of carbonyl (C=O) groups is 1. The third kappa shape index (κ3) is 11.1. The lowest BCUT2D eigenvalue weighted by Crippen LogP contribution is -2.39. The Balaban J connectivity index is 3.86. The lowest BCUT2D eigenvalue weighted by molar-refractivity contribution is 0.0526. The molecule has 21 heavy (non-hydrogen) atoms. The van der Waals surface area contributed by atoms with E-state index >= 15 is 0 Å². The second-order valence-corrected chi connectivity index (χ2v) is 5.88. The first-order valence-electron chi connectivity index (χ1n) is 7.64. The molecule has 0 spiro atoms. The highest BCUT2D eigenvalue weighted by molar-refractivity contribution is 5.67. The zero-order chi connectivity index (χ0) is 16.3. The number of alkyl carbamates (subject to hydrolysis) is 1. The van der Waals surface area contributed by atoms with Gasteiger partial charge in [-0.25, -0.2) is 4.79 Å². The average Bonchev–Trinajstić information content (AvgIpc) is 2.39. The van der Waals surface area contributed by atoms with Crippen LogP contribution in [0.1, 0.15) is 41.0 Å². The molecule has 6 nitrogen and oxygen atoms in total. The van der Waals surface area contributed by atoms with Crippen molar-refractivity contribution in [1.29, 1.82) is 5.26 Å². The van der Waals surface area contributed by atoms with Gasteiger partial charge in [0.15, 0.2) is 0 Å². The summed E-state index contributed by atoms with van der Waals surface area (Å²) < 4.78 is 5.13. The van der Waals surface area contributed by atoms with Crippen LogP contribution in [0.3, 0.4) is 0 Å². The lowest BCUT2D eigenvalue weighted by atomic mass is 10.2. The molecule has 0 saturated heterocycles. The van der Waals surface area contributed by atoms with E-state index in [1.807, 2.05) is 20.8 Å². The summed E-state index contributed by atoms with van der Waals surface area (Å²) in [5.74, 6) is 0. The van der Waals surface area contributed by atoms with Crippen molar-refractivity contribution in [2.45, 2.75) is 52.7 Å². The fraction of sp³-hybridized carbons (Fsp3) is 0.867. The highest BCUT2D eigenvalue weighted by Crippen LogP contribution is 2.06. The van der Waals surface area contributed by atoms with Gasteiger partial charge in [0.25, 0.3) is 0 Å². The summed E-state index contributed by atoms with van der Waals surface area (Å²) in [6.07, 6.45) is 0.121. The maximum atomic E-state index is 11.5. The molecule has 0 aromatic rings. The smallest absolute Gasteiger partial charge is 0.407 e. The predicted octanol–water partition coefficient (Wildman–Crippen LogP) is 1.72. The summed E-state index contributed by atoms with van der Waals surface area (Å²) in [5, 5.41) is 14.9. The number of hydrogen-bond donors (Lipinski definition) is 2. The van der Waals surface area contributed by atoms with Gasteiger partial charge >= 0.3 is 6.09 Å². The number of nitrogens with one attached hydrogen (secondary N) is 2. The predicted molar refractivity (Wildman–Crippen MR) is 84.0 cm³/mol. The molecule has 0 saturated carbocycles. The Morgan fingerprint density at radius 3 is 2.38 bits per heavy atom. The largest absolute Gasteiger partial charge is 0.444 e. The van der Waals surface area contributed by atoms with Crippen molar-refractivity contribution in [3.05, 3.63) is 0 Å². The second kappa shape index (κ2) is 10.4. The number of nitrogens with zero attached hydrogens (tertiary/aromatic N) is 2. The Bertz CT molecular complexity index is 330. The van der Waals surface area contributed by atoms with Crippen molar-refractivity contribution < 1.29 is 9.53 Å². The molecule has 0 aliphatic carbocycles. The molecular weight excluding hydrogens is 268 g/mol. The molecule has 0 aliphatic rings. The molecule has 0 heterocycles. The third-order valence-corrected chi connectivity index (χ3v) is 2.97. The summed E-state index contributed by atoms with van der Waals surface area (Å²) in [5.41, 5.74) is -0.499. The van der Waals surface area contributed by atoms with Crippen molar-refractivity contribution in [2.75, 3.05) is 32.7 Å². The molecule has 0 aromatic heterocycles. The zero-order valence-corrected chi connectivity index (χ0v) is 14.0. The number of amides is 1. The van der Waals surface area contributed by atoms with Gasteiger partial charge < -0.3 is 20.3 Å². The molecule has 1 unspecified atom stereocenters. The summed E-state index contributed by atoms with van der Waals surface area (Å²) in [6, 6.07) is 1.96. The minimum absolute atomic E-state index is 0.254. The van der Waals surface area contributed by atoms with Crippen molar-refractivity contribution in [2.24, 2.45) is 0 Å². The van der Waals surface area contributed by atoms with E-state index in [4.69, 9.17) is 10.00 Å². The molecule has 0 radical (unpaired) electrons. The molecule has 122 valence electrons. The summed E-state index contributed by atoms with van der Waals surface area (Å²) in [4.78, 5) is 13.8. The Morgan fingerprint density at radius 1 is 1.29 bits per heavy atom. The molecule has 1 amide bonds. The molecule has 6 heteroatoms. The first-order valence-corrected chi connectivity index (χ1v) is 7.64. The first-order chi connectivity index (χ1) is 9.82. The normalized spacial score (nSPS) is 12.8. The fourth-order valence-electron chi connectivity index (χ4n) is 1.78. The average molecular weight is 298 g/mol. The molecule has 0 bridgehead atoms. The fourth-order valence-corrected chi connectivity index (χ4v) is 1.78. The van der Waals surface area contributed by atoms with Crippen molar-refractivity contribution in [1.82, 2.24) is 15.5 Å². The van der Waals surface area contributed by atoms with Crippen LogP contribution in [-0.2, 0) is 4.74 Å². The maximum absolute atomic E-state index is 11.5. The summed E-state index contributed by atoms with van der Waals surface area (Å²) >= 11 is 0. The van der Waals surface area contributed by atoms with Crippen LogP contribution in [0.25, 0.3) is 0 Å². The summed E-state index contributed by atoms with van der Waals surface area (Å²) in [7, 11) is 0. The van der Waals surface area contributed by atoms with Crippen LogP contribution in [0.5, 0.6) is 0 Å². The van der Waals surface area contributed by atoms with Crippen LogP contribution in [0.15, 0.2) is 0 Å². The van der Waals surface area contributed by atoms with E-state index < -0.39 is 11.7 Å². The zero-order valence-electron chi connectivity index (χ0n) is 14.0. The molecule has 1 atom stereocenters. The quantitative estimate of drug-likeness (QED) is 0.678. The number of likely N-dealkylation sites (N-methyl/N-ethyl adjacent to an activating group) is 1. The van der Waals surface area contributed by atoms with E-state index in [-0.39, 0.29) is 6.04 Å². The van der Waals surface area contributed by atoms with Crippen molar-refractivity contribution >= 4 is 6.09 Å². The minimum Gasteiger partial charge on any atom is -0.444 e. The third-order valence-electron chi connectivity index (χ3n) is 2.97. The minimum atomic E-state index is -0.499. The summed E-state index contributed by atoms with van der Waals surface area (Å²) in [6.45, 7) is 13.8. The molecular formula is C15H30N4O2. The van der Waals surface area contributed by atoms with Gasteiger partial charge in [0.05, 0.1) is 12.1 Å². The monoisotopic (exact) mass is 298 g/mol. The Kier molecular flexibility index (Phi) is 9.76. The van der Waals surface area contributed by atoms with Crippen LogP contribution >= 0.6 is 0 Å². The Labute approximate surface area is 128 Å². The number of nitriles is 1. The highest BCUT2D eigenvalue weighted by atomic mass is 16.6. The molecule has 0 aliphatic heterocycles. The van der Waals surface area contributed by atoms with E-state index in [1.54, 1.807) is 0 Å². The number of ether oxygens (including phenoxy) is 1. The SMILES string of the molecule is CCN(CC)CCNC(C#N)CCNC(=O)OC(C)(C)C. The molecule has 0 rings (SSSR count). The Morgan fingerprint density at radius 2 is 1.90 bits per heavy atom. The molecule has 0 fully saturated rings. The maximum Gasteiger partial charge on any atom is 0.407 e. The van der Waals surface area contributed by atoms with Gasteiger partial charge in [-0.2, -0.15) is 5.26 Å². The van der Waals surface area contributed by atoms with Crippen LogP contribution in [-0.4, -0.2) is 55.4 Å². The molecule has 2 N–H and O–H groups in total. The Hall–Kier alpha value is -1.32. The van der Waals surface area contributed by atoms with E-state index in [0.29, 0.717) is 13.0 Å². The van der Waals surface area contributed by atoms with E-state index in [9.17, 15) is 4.79 Å². The van der Waals surface area contributed by atoms with Crippen LogP contribution in [0.2, 0.25) is 0 Å². The van der Waals surface area contributed by atoms with Crippen molar-refractivity contribution in [3.8, 4) is 6.07 Å². The topological polar surface area (TPSA) is 77.4 Å². The highest BCUT2D eigenvalue weighted by Gasteiger charge is 2.16. The van der Waals surface area contributed by atoms with Gasteiger partial charge in [-0.1, -0.05) is 13.8 Å². The number of hydrogen-bond acceptors (Lipinski definition) is 5. The van der Waals surface area contributed by atoms with Gasteiger partial charge in [-0.15, -0.1) is 0 Å². The number of carbonyl (C=O) groups excluding carboxylic acids is 1. The van der Waals surface area contributed by atoms with E-state index in [1.165, 1.54) is 0 Å². The van der Waals surface area contributed by atoms with Crippen molar-refractivity contribution in [3.63, 3.8) is 0 Å². The van der Waals surface area contributed by atoms with Gasteiger partial charge in [-0.3, -0.25) is 0 Å². The number of rotatable bonds is 9. The van der Waals surface area contributed by atoms with Crippen LogP contribution in [0, 0.1) is 11.3 Å². The first kappa shape index (κ1) is 19.7. The molecule has 0 aromatic carbocycles. The van der Waals surface area contributed by atoms with Gasteiger partial charge in [0.2, 0.25) is 0 Å². The van der Waals surface area contributed by atoms with Gasteiger partial charge in [0.1, 0.15) is 5.60 Å². The van der Waals surface area contributed by atoms with Crippen LogP contribution in [0.4, 0.5) is 4.79 Å².